The fourth-order valence-corrected chi connectivity index (χ4v) is 6.53. The number of benzene rings is 1. The van der Waals surface area contributed by atoms with E-state index in [9.17, 15) is 4.79 Å². The summed E-state index contributed by atoms with van der Waals surface area (Å²) in [6.45, 7) is 13.3. The summed E-state index contributed by atoms with van der Waals surface area (Å²) in [6, 6.07) is 11.6. The molecule has 0 amide bonds. The van der Waals surface area contributed by atoms with E-state index in [0.717, 1.165) is 59.5 Å². The summed E-state index contributed by atoms with van der Waals surface area (Å²) >= 11 is 0. The number of carbonyl (C=O) groups excluding carboxylic acids is 1. The van der Waals surface area contributed by atoms with Crippen molar-refractivity contribution in [2.45, 2.75) is 96.2 Å². The summed E-state index contributed by atoms with van der Waals surface area (Å²) in [5.41, 5.74) is 3.92. The molecule has 0 saturated heterocycles. The Bertz CT molecular complexity index is 1330. The first-order valence-electron chi connectivity index (χ1n) is 14.5. The van der Waals surface area contributed by atoms with Crippen LogP contribution in [-0.4, -0.2) is 57.4 Å². The molecule has 2 unspecified atom stereocenters. The molecule has 41 heavy (non-hydrogen) atoms. The molecule has 0 spiro atoms. The molecule has 0 bridgehead atoms. The molecule has 1 aliphatic rings. The van der Waals surface area contributed by atoms with Gasteiger partial charge in [-0.2, -0.15) is 5.10 Å². The van der Waals surface area contributed by atoms with Crippen LogP contribution < -0.4 is 9.47 Å². The molecule has 224 valence electrons. The highest BCUT2D eigenvalue weighted by molar-refractivity contribution is 6.74. The zero-order valence-corrected chi connectivity index (χ0v) is 27.1. The van der Waals surface area contributed by atoms with Crippen molar-refractivity contribution in [1.29, 1.82) is 0 Å². The van der Waals surface area contributed by atoms with Crippen molar-refractivity contribution >= 4 is 19.8 Å². The first-order valence-corrected chi connectivity index (χ1v) is 17.4. The molecule has 1 saturated carbocycles. The first kappa shape index (κ1) is 31.1. The van der Waals surface area contributed by atoms with Gasteiger partial charge in [-0.1, -0.05) is 39.7 Å². The van der Waals surface area contributed by atoms with Crippen LogP contribution in [0.2, 0.25) is 18.1 Å². The van der Waals surface area contributed by atoms with Gasteiger partial charge >= 0.3 is 5.97 Å². The summed E-state index contributed by atoms with van der Waals surface area (Å²) in [6.07, 6.45) is 4.34. The minimum Gasteiger partial charge on any atom is -0.496 e. The van der Waals surface area contributed by atoms with Gasteiger partial charge in [0.15, 0.2) is 14.0 Å². The maximum absolute atomic E-state index is 12.4. The van der Waals surface area contributed by atoms with Gasteiger partial charge in [-0.25, -0.2) is 9.31 Å². The monoisotopic (exact) mass is 582 g/mol. The van der Waals surface area contributed by atoms with E-state index in [1.807, 2.05) is 25.1 Å². The number of methoxy groups -OCH3 is 3. The smallest absolute Gasteiger partial charge is 0.356 e. The van der Waals surface area contributed by atoms with Crippen LogP contribution in [0.25, 0.3) is 5.52 Å². The van der Waals surface area contributed by atoms with E-state index < -0.39 is 14.3 Å². The van der Waals surface area contributed by atoms with Crippen LogP contribution in [0, 0.1) is 6.92 Å². The molecule has 1 aromatic carbocycles. The summed E-state index contributed by atoms with van der Waals surface area (Å²) < 4.78 is 32.3. The summed E-state index contributed by atoms with van der Waals surface area (Å²) in [7, 11) is 2.47. The van der Waals surface area contributed by atoms with Gasteiger partial charge in [-0.05, 0) is 73.8 Å². The lowest BCUT2D eigenvalue weighted by Gasteiger charge is -2.42. The van der Waals surface area contributed by atoms with Crippen molar-refractivity contribution in [3.8, 4) is 11.5 Å². The second-order valence-electron chi connectivity index (χ2n) is 12.5. The van der Waals surface area contributed by atoms with Crippen LogP contribution in [-0.2, 0) is 20.3 Å². The molecule has 9 heteroatoms. The molecular weight excluding hydrogens is 536 g/mol. The zero-order valence-electron chi connectivity index (χ0n) is 26.1. The third-order valence-electron chi connectivity index (χ3n) is 8.68. The number of rotatable bonds is 11. The Labute approximate surface area is 245 Å². The Kier molecular flexibility index (Phi) is 9.51. The van der Waals surface area contributed by atoms with Crippen LogP contribution in [0.1, 0.15) is 79.9 Å². The minimum absolute atomic E-state index is 0.0134. The molecule has 8 nitrogen and oxygen atoms in total. The van der Waals surface area contributed by atoms with Crippen LogP contribution in [0.5, 0.6) is 11.5 Å². The van der Waals surface area contributed by atoms with E-state index in [1.54, 1.807) is 24.8 Å². The number of pyridine rings is 1. The van der Waals surface area contributed by atoms with Gasteiger partial charge in [0.2, 0.25) is 0 Å². The number of hydrogen-bond donors (Lipinski definition) is 0. The molecule has 1 aliphatic carbocycles. The quantitative estimate of drug-likeness (QED) is 0.177. The van der Waals surface area contributed by atoms with Crippen LogP contribution in [0.4, 0.5) is 0 Å². The van der Waals surface area contributed by atoms with Crippen molar-refractivity contribution in [3.63, 3.8) is 0 Å². The molecule has 3 aromatic rings. The third kappa shape index (κ3) is 6.79. The molecule has 4 rings (SSSR count). The molecule has 2 aromatic heterocycles. The molecular formula is C32H46N2O6Si. The average molecular weight is 583 g/mol. The van der Waals surface area contributed by atoms with Crippen molar-refractivity contribution in [2.24, 2.45) is 0 Å². The van der Waals surface area contributed by atoms with Gasteiger partial charge in [0, 0.05) is 12.0 Å². The molecule has 2 heterocycles. The van der Waals surface area contributed by atoms with Gasteiger partial charge in [-0.3, -0.25) is 0 Å². The Morgan fingerprint density at radius 2 is 1.68 bits per heavy atom. The Morgan fingerprint density at radius 3 is 2.24 bits per heavy atom. The predicted molar refractivity (Wildman–Crippen MR) is 163 cm³/mol. The number of aromatic nitrogens is 2. The second kappa shape index (κ2) is 12.5. The lowest BCUT2D eigenvalue weighted by atomic mass is 9.98. The first-order chi connectivity index (χ1) is 19.4. The Morgan fingerprint density at radius 1 is 1.05 bits per heavy atom. The van der Waals surface area contributed by atoms with Crippen LogP contribution in [0.3, 0.4) is 0 Å². The Balaban J connectivity index is 1.83. The number of esters is 1. The number of carbonyl (C=O) groups is 1. The molecule has 0 N–H and O–H groups in total. The topological polar surface area (TPSA) is 80.5 Å². The number of nitrogens with zero attached hydrogens (tertiary/aromatic N) is 2. The van der Waals surface area contributed by atoms with Crippen molar-refractivity contribution < 1.29 is 28.2 Å². The lowest BCUT2D eigenvalue weighted by Crippen LogP contribution is -2.45. The van der Waals surface area contributed by atoms with Crippen LogP contribution >= 0.6 is 0 Å². The Hall–Kier alpha value is -2.88. The van der Waals surface area contributed by atoms with Crippen molar-refractivity contribution in [2.75, 3.05) is 21.3 Å². The van der Waals surface area contributed by atoms with Gasteiger partial charge < -0.3 is 23.4 Å². The molecule has 0 radical (unpaired) electrons. The van der Waals surface area contributed by atoms with Gasteiger partial charge in [0.1, 0.15) is 11.5 Å². The SMILES string of the molecule is COC(=O)c1cccc2cc(CC(OC3CCCC3)C(O[Si](C)(C)C(C)(C)C)c3cc(OC)c(C)c(OC)c3)nn12. The standard InChI is InChI=1S/C32H46N2O6Si/c1-21-27(36-5)17-22(18-28(21)37-6)30(40-41(8,9)32(2,3)4)29(39-25-14-10-11-15-25)20-23-19-24-13-12-16-26(31(35)38-7)34(24)33-23/h12-13,16-19,25,29-30H,10-11,14-15,20H2,1-9H3. The third-order valence-corrected chi connectivity index (χ3v) is 13.1. The maximum Gasteiger partial charge on any atom is 0.356 e. The maximum atomic E-state index is 12.4. The summed E-state index contributed by atoms with van der Waals surface area (Å²) in [5.74, 6) is 1.07. The largest absolute Gasteiger partial charge is 0.496 e. The average Bonchev–Trinajstić information content (AvgIpc) is 3.60. The minimum atomic E-state index is -2.26. The number of fused-ring (bicyclic) bond motifs is 1. The zero-order chi connectivity index (χ0) is 29.9. The second-order valence-corrected chi connectivity index (χ2v) is 17.3. The number of ether oxygens (including phenoxy) is 4. The van der Waals surface area contributed by atoms with E-state index in [2.05, 4.69) is 46.0 Å². The fourth-order valence-electron chi connectivity index (χ4n) is 5.25. The molecule has 1 fully saturated rings. The van der Waals surface area contributed by atoms with E-state index in [4.69, 9.17) is 28.5 Å². The highest BCUT2D eigenvalue weighted by Gasteiger charge is 2.42. The van der Waals surface area contributed by atoms with E-state index in [0.29, 0.717) is 12.1 Å². The summed E-state index contributed by atoms with van der Waals surface area (Å²) in [4.78, 5) is 12.4. The van der Waals surface area contributed by atoms with Gasteiger partial charge in [-0.15, -0.1) is 0 Å². The number of hydrogen-bond acceptors (Lipinski definition) is 7. The van der Waals surface area contributed by atoms with E-state index in [1.165, 1.54) is 7.11 Å². The predicted octanol–water partition coefficient (Wildman–Crippen LogP) is 7.08. The van der Waals surface area contributed by atoms with E-state index in [-0.39, 0.29) is 23.4 Å². The fraction of sp³-hybridized carbons (Fsp3) is 0.562. The van der Waals surface area contributed by atoms with Gasteiger partial charge in [0.05, 0.1) is 50.9 Å². The van der Waals surface area contributed by atoms with Crippen LogP contribution in [0.15, 0.2) is 36.4 Å². The highest BCUT2D eigenvalue weighted by Crippen LogP contribution is 2.44. The van der Waals surface area contributed by atoms with Gasteiger partial charge in [0.25, 0.3) is 0 Å². The van der Waals surface area contributed by atoms with Crippen molar-refractivity contribution in [1.82, 2.24) is 9.61 Å². The van der Waals surface area contributed by atoms with E-state index >= 15 is 0 Å². The highest BCUT2D eigenvalue weighted by atomic mass is 28.4. The molecule has 0 aliphatic heterocycles. The normalized spacial score (nSPS) is 16.1. The lowest BCUT2D eigenvalue weighted by molar-refractivity contribution is -0.0709. The molecule has 2 atom stereocenters. The van der Waals surface area contributed by atoms with Crippen molar-refractivity contribution in [3.05, 3.63) is 58.9 Å². The summed E-state index contributed by atoms with van der Waals surface area (Å²) in [5, 5.41) is 4.83.